The van der Waals surface area contributed by atoms with Crippen molar-refractivity contribution in [3.05, 3.63) is 64.3 Å². The van der Waals surface area contributed by atoms with E-state index in [1.807, 2.05) is 31.2 Å². The summed E-state index contributed by atoms with van der Waals surface area (Å²) < 4.78 is 0. The zero-order valence-electron chi connectivity index (χ0n) is 12.9. The smallest absolute Gasteiger partial charge is 0.307 e. The van der Waals surface area contributed by atoms with Crippen molar-refractivity contribution >= 4 is 40.1 Å². The summed E-state index contributed by atoms with van der Waals surface area (Å²) in [4.78, 5) is 26.6. The van der Waals surface area contributed by atoms with Gasteiger partial charge in [-0.3, -0.25) is 9.59 Å². The third-order valence-electron chi connectivity index (χ3n) is 3.76. The number of aliphatic carboxylic acids is 1. The summed E-state index contributed by atoms with van der Waals surface area (Å²) in [6, 6.07) is 12.4. The summed E-state index contributed by atoms with van der Waals surface area (Å²) in [5.74, 6) is -1.20. The fourth-order valence-corrected chi connectivity index (χ4v) is 2.95. The molecule has 122 valence electrons. The molecule has 0 bridgehead atoms. The largest absolute Gasteiger partial charge is 0.481 e. The Morgan fingerprint density at radius 2 is 1.96 bits per heavy atom. The monoisotopic (exact) mass is 342 g/mol. The summed E-state index contributed by atoms with van der Waals surface area (Å²) in [6.07, 6.45) is -0.116. The van der Waals surface area contributed by atoms with Crippen LogP contribution in [0.25, 0.3) is 10.9 Å². The minimum atomic E-state index is -0.933. The maximum atomic E-state index is 12.6. The molecule has 1 amide bonds. The number of carbonyl (C=O) groups is 2. The molecule has 0 saturated carbocycles. The van der Waals surface area contributed by atoms with Crippen LogP contribution in [0.2, 0.25) is 5.02 Å². The lowest BCUT2D eigenvalue weighted by Crippen LogP contribution is -2.13. The Morgan fingerprint density at radius 3 is 2.67 bits per heavy atom. The first kappa shape index (κ1) is 16.1. The van der Waals surface area contributed by atoms with E-state index in [-0.39, 0.29) is 12.3 Å². The van der Waals surface area contributed by atoms with E-state index in [0.717, 1.165) is 16.6 Å². The molecular formula is C18H15ClN2O3. The van der Waals surface area contributed by atoms with Gasteiger partial charge in [-0.15, -0.1) is 0 Å². The molecule has 0 saturated heterocycles. The Balaban J connectivity index is 1.89. The molecule has 5 nitrogen and oxygen atoms in total. The number of anilines is 1. The number of carboxylic acid groups (broad SMARTS) is 1. The van der Waals surface area contributed by atoms with Crippen LogP contribution in [0.4, 0.5) is 5.69 Å². The average Bonchev–Trinajstić information content (AvgIpc) is 2.85. The number of hydrogen-bond donors (Lipinski definition) is 3. The summed E-state index contributed by atoms with van der Waals surface area (Å²) in [6.45, 7) is 1.84. The molecule has 0 radical (unpaired) electrons. The zero-order valence-corrected chi connectivity index (χ0v) is 13.6. The second-order valence-electron chi connectivity index (χ2n) is 5.51. The van der Waals surface area contributed by atoms with Crippen LogP contribution in [-0.2, 0) is 11.2 Å². The van der Waals surface area contributed by atoms with Gasteiger partial charge < -0.3 is 15.4 Å². The highest BCUT2D eigenvalue weighted by Crippen LogP contribution is 2.27. The van der Waals surface area contributed by atoms with E-state index in [1.54, 1.807) is 18.2 Å². The van der Waals surface area contributed by atoms with Crippen LogP contribution in [0.1, 0.15) is 21.6 Å². The number of rotatable bonds is 4. The van der Waals surface area contributed by atoms with Gasteiger partial charge in [0.05, 0.1) is 22.7 Å². The Kier molecular flexibility index (Phi) is 4.27. The Hall–Kier alpha value is -2.79. The SMILES string of the molecule is Cc1[nH]c2ccccc2c1C(=O)Nc1ccc(CC(=O)O)cc1Cl. The molecule has 0 fully saturated rings. The molecule has 0 unspecified atom stereocenters. The first-order valence-corrected chi connectivity index (χ1v) is 7.72. The number of halogens is 1. The van der Waals surface area contributed by atoms with Crippen molar-refractivity contribution in [3.8, 4) is 0 Å². The van der Waals surface area contributed by atoms with Gasteiger partial charge in [0.1, 0.15) is 0 Å². The summed E-state index contributed by atoms with van der Waals surface area (Å²) >= 11 is 6.16. The standard InChI is InChI=1S/C18H15ClN2O3/c1-10-17(12-4-2-3-5-14(12)20-10)18(24)21-15-7-6-11(8-13(15)19)9-16(22)23/h2-8,20H,9H2,1H3,(H,21,24)(H,22,23). The number of amides is 1. The molecule has 0 aliphatic heterocycles. The predicted molar refractivity (Wildman–Crippen MR) is 93.8 cm³/mol. The molecule has 3 aromatic rings. The molecule has 3 N–H and O–H groups in total. The number of carboxylic acids is 1. The lowest BCUT2D eigenvalue weighted by Gasteiger charge is -2.09. The molecule has 1 heterocycles. The molecule has 0 spiro atoms. The first-order valence-electron chi connectivity index (χ1n) is 7.34. The third kappa shape index (κ3) is 3.12. The van der Waals surface area contributed by atoms with Crippen LogP contribution >= 0.6 is 11.6 Å². The number of carbonyl (C=O) groups excluding carboxylic acids is 1. The van der Waals surface area contributed by atoms with Crippen LogP contribution in [0, 0.1) is 6.92 Å². The van der Waals surface area contributed by atoms with Crippen molar-refractivity contribution in [1.82, 2.24) is 4.98 Å². The van der Waals surface area contributed by atoms with Crippen LogP contribution in [0.15, 0.2) is 42.5 Å². The highest BCUT2D eigenvalue weighted by molar-refractivity contribution is 6.34. The van der Waals surface area contributed by atoms with Gasteiger partial charge in [0.15, 0.2) is 0 Å². The molecule has 3 rings (SSSR count). The number of para-hydroxylation sites is 1. The van der Waals surface area contributed by atoms with Gasteiger partial charge in [0.25, 0.3) is 5.91 Å². The molecule has 24 heavy (non-hydrogen) atoms. The number of hydrogen-bond acceptors (Lipinski definition) is 2. The van der Waals surface area contributed by atoms with Crippen molar-refractivity contribution in [1.29, 1.82) is 0 Å². The van der Waals surface area contributed by atoms with Crippen molar-refractivity contribution in [2.24, 2.45) is 0 Å². The number of benzene rings is 2. The number of nitrogens with one attached hydrogen (secondary N) is 2. The summed E-state index contributed by atoms with van der Waals surface area (Å²) in [7, 11) is 0. The van der Waals surface area contributed by atoms with Crippen LogP contribution in [0.3, 0.4) is 0 Å². The number of aromatic amines is 1. The van der Waals surface area contributed by atoms with Crippen molar-refractivity contribution in [2.45, 2.75) is 13.3 Å². The Bertz CT molecular complexity index is 947. The van der Waals surface area contributed by atoms with Gasteiger partial charge in [-0.2, -0.15) is 0 Å². The van der Waals surface area contributed by atoms with E-state index in [1.165, 1.54) is 0 Å². The number of aromatic nitrogens is 1. The van der Waals surface area contributed by atoms with E-state index >= 15 is 0 Å². The second-order valence-corrected chi connectivity index (χ2v) is 5.92. The van der Waals surface area contributed by atoms with Gasteiger partial charge >= 0.3 is 5.97 Å². The predicted octanol–water partition coefficient (Wildman–Crippen LogP) is 4.01. The van der Waals surface area contributed by atoms with Crippen molar-refractivity contribution in [2.75, 3.05) is 5.32 Å². The summed E-state index contributed by atoms with van der Waals surface area (Å²) in [5, 5.41) is 12.7. The van der Waals surface area contributed by atoms with Gasteiger partial charge in [-0.05, 0) is 30.7 Å². The maximum Gasteiger partial charge on any atom is 0.307 e. The van der Waals surface area contributed by atoms with E-state index < -0.39 is 5.97 Å². The van der Waals surface area contributed by atoms with Gasteiger partial charge in [-0.25, -0.2) is 0 Å². The number of aryl methyl sites for hydroxylation is 1. The Labute approximate surface area is 143 Å². The highest BCUT2D eigenvalue weighted by atomic mass is 35.5. The van der Waals surface area contributed by atoms with Gasteiger partial charge in [0.2, 0.25) is 0 Å². The summed E-state index contributed by atoms with van der Waals surface area (Å²) in [5.41, 5.74) is 3.25. The molecule has 2 aromatic carbocycles. The third-order valence-corrected chi connectivity index (χ3v) is 4.07. The zero-order chi connectivity index (χ0) is 17.3. The molecule has 6 heteroatoms. The quantitative estimate of drug-likeness (QED) is 0.670. The van der Waals surface area contributed by atoms with Gasteiger partial charge in [0, 0.05) is 16.6 Å². The van der Waals surface area contributed by atoms with E-state index in [2.05, 4.69) is 10.3 Å². The molecule has 0 aliphatic rings. The van der Waals surface area contributed by atoms with Gasteiger partial charge in [-0.1, -0.05) is 35.9 Å². The normalized spacial score (nSPS) is 10.8. The lowest BCUT2D eigenvalue weighted by molar-refractivity contribution is -0.136. The first-order chi connectivity index (χ1) is 11.5. The minimum absolute atomic E-state index is 0.116. The Morgan fingerprint density at radius 1 is 1.21 bits per heavy atom. The lowest BCUT2D eigenvalue weighted by atomic mass is 10.1. The maximum absolute atomic E-state index is 12.6. The molecule has 0 aliphatic carbocycles. The van der Waals surface area contributed by atoms with Crippen molar-refractivity contribution < 1.29 is 14.7 Å². The molecule has 0 atom stereocenters. The fraction of sp³-hybridized carbons (Fsp3) is 0.111. The topological polar surface area (TPSA) is 82.2 Å². The van der Waals surface area contributed by atoms with E-state index in [9.17, 15) is 9.59 Å². The number of fused-ring (bicyclic) bond motifs is 1. The number of H-pyrrole nitrogens is 1. The molecule has 1 aromatic heterocycles. The van der Waals surface area contributed by atoms with Crippen LogP contribution in [0.5, 0.6) is 0 Å². The van der Waals surface area contributed by atoms with E-state index in [4.69, 9.17) is 16.7 Å². The van der Waals surface area contributed by atoms with Crippen molar-refractivity contribution in [3.63, 3.8) is 0 Å². The second kappa shape index (κ2) is 6.37. The average molecular weight is 343 g/mol. The van der Waals surface area contributed by atoms with Crippen LogP contribution < -0.4 is 5.32 Å². The minimum Gasteiger partial charge on any atom is -0.481 e. The van der Waals surface area contributed by atoms with Crippen LogP contribution in [-0.4, -0.2) is 22.0 Å². The molecular weight excluding hydrogens is 328 g/mol. The highest BCUT2D eigenvalue weighted by Gasteiger charge is 2.17. The fourth-order valence-electron chi connectivity index (χ4n) is 2.70. The van der Waals surface area contributed by atoms with E-state index in [0.29, 0.717) is 21.8 Å².